The molecule has 5 saturated heterocycles. The molecule has 0 aromatic rings. The van der Waals surface area contributed by atoms with Gasteiger partial charge in [-0.1, -0.05) is 39.3 Å². The Balaban J connectivity index is 0.916. The lowest BCUT2D eigenvalue weighted by Crippen LogP contribution is -2.66. The van der Waals surface area contributed by atoms with E-state index in [1.54, 1.807) is 0 Å². The molecule has 348 valence electrons. The summed E-state index contributed by atoms with van der Waals surface area (Å²) in [4.78, 5) is 0. The number of ether oxygens (including phenoxy) is 8. The van der Waals surface area contributed by atoms with E-state index >= 15 is 0 Å². The second-order valence-corrected chi connectivity index (χ2v) is 20.7. The summed E-state index contributed by atoms with van der Waals surface area (Å²) in [6.45, 7) is 11.1. The third kappa shape index (κ3) is 7.41. The van der Waals surface area contributed by atoms with Gasteiger partial charge in [0.25, 0.3) is 0 Å². The average molecular weight is 871 g/mol. The molecule has 4 aliphatic carbocycles. The minimum absolute atomic E-state index is 0.0448. The Labute approximate surface area is 357 Å². The van der Waals surface area contributed by atoms with Crippen LogP contribution < -0.4 is 0 Å². The zero-order valence-corrected chi connectivity index (χ0v) is 35.9. The number of aliphatic hydroxyl groups excluding tert-OH is 9. The number of hydrogen-bond acceptors (Lipinski definition) is 17. The summed E-state index contributed by atoms with van der Waals surface area (Å²) in [6, 6.07) is 0. The molecule has 5 heterocycles. The van der Waals surface area contributed by atoms with Crippen molar-refractivity contribution in [3.05, 3.63) is 11.6 Å². The van der Waals surface area contributed by atoms with Gasteiger partial charge in [0, 0.05) is 12.3 Å². The summed E-state index contributed by atoms with van der Waals surface area (Å²) >= 11 is 0. The first-order chi connectivity index (χ1) is 28.9. The van der Waals surface area contributed by atoms with E-state index in [0.717, 1.165) is 51.6 Å². The molecule has 0 aromatic carbocycles. The number of hydrogen-bond donors (Lipinski definition) is 9. The Morgan fingerprint density at radius 1 is 0.705 bits per heavy atom. The largest absolute Gasteiger partial charge is 0.394 e. The molecule has 9 N–H and O–H groups in total. The highest BCUT2D eigenvalue weighted by molar-refractivity contribution is 5.26. The van der Waals surface area contributed by atoms with Crippen molar-refractivity contribution in [2.24, 2.45) is 46.3 Å². The lowest BCUT2D eigenvalue weighted by molar-refractivity contribution is -0.400. The van der Waals surface area contributed by atoms with E-state index in [-0.39, 0.29) is 16.9 Å². The van der Waals surface area contributed by atoms with Crippen LogP contribution in [0.1, 0.15) is 92.4 Å². The van der Waals surface area contributed by atoms with Crippen LogP contribution in [-0.4, -0.2) is 169 Å². The molecule has 9 rings (SSSR count). The van der Waals surface area contributed by atoms with Crippen LogP contribution in [0.4, 0.5) is 0 Å². The standard InChI is InChI=1S/C44H70O17/c1-18-8-13-44(54-17-18)19(2)28-26(61-44)15-25-23-7-6-21-14-22(9-11-42(21,4)24(23)10-12-43(25,28)5)56-41-37(59-40-34(51)31(48)32(49)38(53)60-40)35(52)36(27(16-45)57-41)58-39-33(50)30(47)29(46)20(3)55-39/h6,18-20,22-41,45-53H,7-17H2,1-5H3/t18-,19+,20?,22?,23-,24+,25+,26+,27?,28+,29+,30+,31+,32-,33?,34?,35+,36-,37?,38?,39+,40-,41-,42+,43+,44-/m1/s1. The van der Waals surface area contributed by atoms with Crippen molar-refractivity contribution in [1.29, 1.82) is 0 Å². The van der Waals surface area contributed by atoms with E-state index in [1.165, 1.54) is 12.5 Å². The predicted octanol–water partition coefficient (Wildman–Crippen LogP) is 0.172. The molecule has 5 aliphatic heterocycles. The molecule has 0 bridgehead atoms. The Morgan fingerprint density at radius 3 is 2.11 bits per heavy atom. The van der Waals surface area contributed by atoms with Crippen LogP contribution in [0.15, 0.2) is 11.6 Å². The van der Waals surface area contributed by atoms with Crippen LogP contribution in [-0.2, 0) is 37.9 Å². The SMILES string of the molecule is CC1O[C@@H](O[C@@H]2C(CO)O[C@@H](OC3CC[C@@]4(C)C(=CC[C@H]5[C@@H]6C[C@@H]7O[C@]8(CC[C@@H](C)CO8)[C@@H](C)[C@@H]7[C@@]6(C)CC[C@@H]54)C3)C(O[C@@H]3OC(O)[C@H](O)[C@H](O)C3O)[C@H]2O)C(O)[C@@H](O)[C@H]1O. The van der Waals surface area contributed by atoms with Crippen LogP contribution in [0.5, 0.6) is 0 Å². The van der Waals surface area contributed by atoms with Gasteiger partial charge in [-0.05, 0) is 98.7 Å². The highest BCUT2D eigenvalue weighted by atomic mass is 16.8. The molecular weight excluding hydrogens is 800 g/mol. The maximum Gasteiger partial charge on any atom is 0.189 e. The zero-order valence-electron chi connectivity index (χ0n) is 35.9. The molecule has 9 aliphatic rings. The van der Waals surface area contributed by atoms with E-state index in [2.05, 4.69) is 33.8 Å². The van der Waals surface area contributed by atoms with Crippen molar-refractivity contribution >= 4 is 0 Å². The number of fused-ring (bicyclic) bond motifs is 7. The second-order valence-electron chi connectivity index (χ2n) is 20.7. The van der Waals surface area contributed by atoms with Crippen LogP contribution in [0.3, 0.4) is 0 Å². The van der Waals surface area contributed by atoms with E-state index in [1.807, 2.05) is 0 Å². The first-order valence-electron chi connectivity index (χ1n) is 22.9. The molecule has 7 unspecified atom stereocenters. The van der Waals surface area contributed by atoms with Gasteiger partial charge in [0.05, 0.1) is 31.5 Å². The number of rotatable bonds is 7. The fourth-order valence-electron chi connectivity index (χ4n) is 13.8. The molecule has 17 heteroatoms. The molecular formula is C44H70O17. The Hall–Kier alpha value is -0.940. The van der Waals surface area contributed by atoms with Crippen molar-refractivity contribution < 1.29 is 83.9 Å². The van der Waals surface area contributed by atoms with Crippen molar-refractivity contribution in [2.45, 2.75) is 203 Å². The molecule has 0 aromatic heterocycles. The van der Waals surface area contributed by atoms with Crippen molar-refractivity contribution in [2.75, 3.05) is 13.2 Å². The second kappa shape index (κ2) is 16.7. The predicted molar refractivity (Wildman–Crippen MR) is 209 cm³/mol. The maximum absolute atomic E-state index is 11.9. The summed E-state index contributed by atoms with van der Waals surface area (Å²) in [6.07, 6.45) is -13.3. The van der Waals surface area contributed by atoms with Gasteiger partial charge in [-0.15, -0.1) is 0 Å². The summed E-state index contributed by atoms with van der Waals surface area (Å²) in [5.74, 6) is 2.53. The van der Waals surface area contributed by atoms with Gasteiger partial charge in [0.15, 0.2) is 30.9 Å². The van der Waals surface area contributed by atoms with Gasteiger partial charge < -0.3 is 83.9 Å². The highest BCUT2D eigenvalue weighted by Crippen LogP contribution is 2.70. The Morgan fingerprint density at radius 2 is 1.41 bits per heavy atom. The summed E-state index contributed by atoms with van der Waals surface area (Å²) in [5.41, 5.74) is 1.46. The van der Waals surface area contributed by atoms with Gasteiger partial charge in [-0.25, -0.2) is 0 Å². The van der Waals surface area contributed by atoms with Crippen molar-refractivity contribution in [1.82, 2.24) is 0 Å². The van der Waals surface area contributed by atoms with Gasteiger partial charge in [0.1, 0.15) is 61.0 Å². The van der Waals surface area contributed by atoms with Crippen LogP contribution in [0, 0.1) is 46.3 Å². The molecule has 0 radical (unpaired) electrons. The van der Waals surface area contributed by atoms with Crippen LogP contribution in [0.25, 0.3) is 0 Å². The number of allylic oxidation sites excluding steroid dienone is 1. The Bertz CT molecular complexity index is 1590. The van der Waals surface area contributed by atoms with E-state index < -0.39 is 111 Å². The zero-order chi connectivity index (χ0) is 43.5. The quantitative estimate of drug-likeness (QED) is 0.155. The van der Waals surface area contributed by atoms with E-state index in [9.17, 15) is 46.0 Å². The van der Waals surface area contributed by atoms with Crippen molar-refractivity contribution in [3.8, 4) is 0 Å². The topological polar surface area (TPSA) is 256 Å². The summed E-state index contributed by atoms with van der Waals surface area (Å²) in [7, 11) is 0. The van der Waals surface area contributed by atoms with E-state index in [4.69, 9.17) is 37.9 Å². The van der Waals surface area contributed by atoms with Gasteiger partial charge in [0.2, 0.25) is 0 Å². The molecule has 26 atom stereocenters. The third-order valence-electron chi connectivity index (χ3n) is 17.4. The molecule has 61 heavy (non-hydrogen) atoms. The van der Waals surface area contributed by atoms with Gasteiger partial charge in [-0.2, -0.15) is 0 Å². The monoisotopic (exact) mass is 870 g/mol. The fraction of sp³-hybridized carbons (Fsp3) is 0.955. The molecule has 1 spiro atoms. The van der Waals surface area contributed by atoms with Crippen molar-refractivity contribution in [3.63, 3.8) is 0 Å². The van der Waals surface area contributed by atoms with Gasteiger partial charge >= 0.3 is 0 Å². The number of aliphatic hydroxyl groups is 9. The first kappa shape index (κ1) is 45.2. The molecule has 3 saturated carbocycles. The maximum atomic E-state index is 11.9. The summed E-state index contributed by atoms with van der Waals surface area (Å²) < 4.78 is 49.3. The summed E-state index contributed by atoms with van der Waals surface area (Å²) in [5, 5.41) is 95.5. The van der Waals surface area contributed by atoms with E-state index in [0.29, 0.717) is 48.3 Å². The normalized spacial score (nSPS) is 58.4. The molecule has 8 fully saturated rings. The minimum atomic E-state index is -1.94. The highest BCUT2D eigenvalue weighted by Gasteiger charge is 2.69. The van der Waals surface area contributed by atoms with Gasteiger partial charge in [-0.3, -0.25) is 0 Å². The third-order valence-corrected chi connectivity index (χ3v) is 17.4. The lowest BCUT2D eigenvalue weighted by atomic mass is 9.47. The first-order valence-corrected chi connectivity index (χ1v) is 22.9. The fourth-order valence-corrected chi connectivity index (χ4v) is 13.8. The average Bonchev–Trinajstić information content (AvgIpc) is 3.69. The lowest BCUT2D eigenvalue weighted by Gasteiger charge is -2.58. The minimum Gasteiger partial charge on any atom is -0.394 e. The molecule has 0 amide bonds. The smallest absolute Gasteiger partial charge is 0.189 e. The van der Waals surface area contributed by atoms with Crippen LogP contribution in [0.2, 0.25) is 0 Å². The van der Waals surface area contributed by atoms with Crippen LogP contribution >= 0.6 is 0 Å². The molecule has 17 nitrogen and oxygen atoms in total. The Kier molecular flexibility index (Phi) is 12.4.